The lowest BCUT2D eigenvalue weighted by atomic mass is 9.88. The van der Waals surface area contributed by atoms with Gasteiger partial charge in [0.05, 0.1) is 51.8 Å². The van der Waals surface area contributed by atoms with Crippen molar-refractivity contribution in [3.8, 4) is 10.6 Å². The molecule has 1 aliphatic heterocycles. The number of rotatable bonds is 5. The van der Waals surface area contributed by atoms with Gasteiger partial charge in [-0.05, 0) is 25.0 Å². The fourth-order valence-electron chi connectivity index (χ4n) is 3.87. The first-order chi connectivity index (χ1) is 15.6. The number of carbonyl (C=O) groups is 1. The van der Waals surface area contributed by atoms with Crippen LogP contribution in [-0.4, -0.2) is 55.8 Å². The molecule has 0 spiro atoms. The molecule has 1 fully saturated rings. The number of halogens is 4. The predicted molar refractivity (Wildman–Crippen MR) is 119 cm³/mol. The molecule has 7 nitrogen and oxygen atoms in total. The van der Waals surface area contributed by atoms with Gasteiger partial charge in [0, 0.05) is 13.0 Å². The molecule has 1 amide bonds. The third-order valence-electron chi connectivity index (χ3n) is 5.33. The molecule has 12 heteroatoms. The minimum Gasteiger partial charge on any atom is -0.352 e. The van der Waals surface area contributed by atoms with Crippen LogP contribution < -0.4 is 5.32 Å². The number of nitrogens with one attached hydrogen (secondary N) is 1. The maximum atomic E-state index is 14.5. The molecule has 1 aliphatic rings. The van der Waals surface area contributed by atoms with Crippen molar-refractivity contribution in [3.05, 3.63) is 52.3 Å². The van der Waals surface area contributed by atoms with Gasteiger partial charge in [-0.25, -0.2) is 28.1 Å². The molecule has 0 aromatic carbocycles. The minimum atomic E-state index is -3.04. The lowest BCUT2D eigenvalue weighted by molar-refractivity contribution is -0.0898. The van der Waals surface area contributed by atoms with Crippen LogP contribution >= 0.6 is 22.9 Å². The molecule has 1 saturated heterocycles. The summed E-state index contributed by atoms with van der Waals surface area (Å²) in [6.07, 6.45) is 3.51. The monoisotopic (exact) mass is 496 g/mol. The Hall–Kier alpha value is -2.79. The van der Waals surface area contributed by atoms with Crippen LogP contribution in [0.3, 0.4) is 0 Å². The third-order valence-corrected chi connectivity index (χ3v) is 6.52. The standard InChI is InChI=1S/C21H20ClF3N6OS/c1-11-5-21(24,25)10-31(16(11)9-29-20-27-6-13(22)7-28-20)19(32)17-18(33-12(2)30-17)15-4-3-14(23)8-26-15/h3-4,6-8,11,16H,5,9-10H2,1-2H3,(H,27,28,29)/t11-,16-/m1/s1. The first-order valence-corrected chi connectivity index (χ1v) is 11.3. The Balaban J connectivity index is 1.64. The van der Waals surface area contributed by atoms with Crippen LogP contribution in [0.2, 0.25) is 5.02 Å². The largest absolute Gasteiger partial charge is 0.352 e. The second-order valence-corrected chi connectivity index (χ2v) is 9.56. The molecule has 0 unspecified atom stereocenters. The number of alkyl halides is 2. The second-order valence-electron chi connectivity index (χ2n) is 7.92. The van der Waals surface area contributed by atoms with E-state index >= 15 is 0 Å². The van der Waals surface area contributed by atoms with E-state index in [1.54, 1.807) is 13.8 Å². The van der Waals surface area contributed by atoms with E-state index in [1.807, 2.05) is 0 Å². The van der Waals surface area contributed by atoms with Gasteiger partial charge in [0.2, 0.25) is 5.95 Å². The number of amides is 1. The number of likely N-dealkylation sites (tertiary alicyclic amines) is 1. The Morgan fingerprint density at radius 3 is 2.67 bits per heavy atom. The first-order valence-electron chi connectivity index (χ1n) is 10.1. The summed E-state index contributed by atoms with van der Waals surface area (Å²) < 4.78 is 42.3. The molecular weight excluding hydrogens is 477 g/mol. The molecule has 0 aliphatic carbocycles. The SMILES string of the molecule is Cc1nc(C(=O)N2CC(F)(F)C[C@@H](C)[C@H]2CNc2ncc(Cl)cn2)c(-c2ccc(F)cn2)s1. The highest BCUT2D eigenvalue weighted by molar-refractivity contribution is 7.15. The molecule has 1 N–H and O–H groups in total. The van der Waals surface area contributed by atoms with Gasteiger partial charge in [0.1, 0.15) is 11.5 Å². The van der Waals surface area contributed by atoms with Gasteiger partial charge >= 0.3 is 0 Å². The lowest BCUT2D eigenvalue weighted by Gasteiger charge is -2.43. The highest BCUT2D eigenvalue weighted by Gasteiger charge is 2.46. The highest BCUT2D eigenvalue weighted by atomic mass is 35.5. The maximum Gasteiger partial charge on any atom is 0.274 e. The van der Waals surface area contributed by atoms with Gasteiger partial charge in [0.15, 0.2) is 0 Å². The summed E-state index contributed by atoms with van der Waals surface area (Å²) >= 11 is 7.00. The molecule has 174 valence electrons. The van der Waals surface area contributed by atoms with E-state index in [4.69, 9.17) is 11.6 Å². The number of thiazole rings is 1. The summed E-state index contributed by atoms with van der Waals surface area (Å²) in [4.78, 5) is 31.5. The Bertz CT molecular complexity index is 1140. The minimum absolute atomic E-state index is 0.0225. The van der Waals surface area contributed by atoms with Gasteiger partial charge in [-0.15, -0.1) is 11.3 Å². The molecule has 0 radical (unpaired) electrons. The van der Waals surface area contributed by atoms with Crippen LogP contribution in [0.1, 0.15) is 28.8 Å². The van der Waals surface area contributed by atoms with E-state index < -0.39 is 36.2 Å². The summed E-state index contributed by atoms with van der Waals surface area (Å²) in [5.74, 6) is -4.42. The van der Waals surface area contributed by atoms with E-state index in [-0.39, 0.29) is 24.6 Å². The Kier molecular flexibility index (Phi) is 6.53. The van der Waals surface area contributed by atoms with Crippen molar-refractivity contribution in [2.24, 2.45) is 5.92 Å². The highest BCUT2D eigenvalue weighted by Crippen LogP contribution is 2.37. The fourth-order valence-corrected chi connectivity index (χ4v) is 4.86. The molecule has 33 heavy (non-hydrogen) atoms. The Morgan fingerprint density at radius 1 is 1.27 bits per heavy atom. The average Bonchev–Trinajstić information content (AvgIpc) is 3.15. The molecule has 0 saturated carbocycles. The molecule has 3 aromatic heterocycles. The number of piperidine rings is 1. The van der Waals surface area contributed by atoms with Gasteiger partial charge in [-0.2, -0.15) is 0 Å². The number of aromatic nitrogens is 4. The number of hydrogen-bond acceptors (Lipinski definition) is 7. The zero-order chi connectivity index (χ0) is 23.8. The molecule has 0 bridgehead atoms. The fraction of sp³-hybridized carbons (Fsp3) is 0.381. The number of aryl methyl sites for hydroxylation is 1. The zero-order valence-electron chi connectivity index (χ0n) is 17.7. The lowest BCUT2D eigenvalue weighted by Crippen LogP contribution is -2.57. The van der Waals surface area contributed by atoms with Crippen molar-refractivity contribution in [3.63, 3.8) is 0 Å². The topological polar surface area (TPSA) is 83.9 Å². The number of anilines is 1. The van der Waals surface area contributed by atoms with Crippen LogP contribution in [0.4, 0.5) is 19.1 Å². The van der Waals surface area contributed by atoms with Crippen molar-refractivity contribution < 1.29 is 18.0 Å². The van der Waals surface area contributed by atoms with E-state index in [9.17, 15) is 18.0 Å². The van der Waals surface area contributed by atoms with E-state index in [1.165, 1.54) is 35.9 Å². The van der Waals surface area contributed by atoms with Gasteiger partial charge in [-0.1, -0.05) is 18.5 Å². The van der Waals surface area contributed by atoms with Crippen LogP contribution in [0.5, 0.6) is 0 Å². The smallest absolute Gasteiger partial charge is 0.274 e. The van der Waals surface area contributed by atoms with Crippen molar-refractivity contribution in [1.29, 1.82) is 0 Å². The van der Waals surface area contributed by atoms with Crippen LogP contribution in [0, 0.1) is 18.7 Å². The quantitative estimate of drug-likeness (QED) is 0.551. The summed E-state index contributed by atoms with van der Waals surface area (Å²) in [7, 11) is 0. The van der Waals surface area contributed by atoms with Crippen molar-refractivity contribution in [1.82, 2.24) is 24.8 Å². The second kappa shape index (κ2) is 9.22. The van der Waals surface area contributed by atoms with Crippen LogP contribution in [0.15, 0.2) is 30.7 Å². The zero-order valence-corrected chi connectivity index (χ0v) is 19.3. The normalized spacial score (nSPS) is 20.0. The van der Waals surface area contributed by atoms with E-state index in [2.05, 4.69) is 25.3 Å². The van der Waals surface area contributed by atoms with Crippen molar-refractivity contribution in [2.75, 3.05) is 18.4 Å². The number of nitrogens with zero attached hydrogens (tertiary/aromatic N) is 5. The number of hydrogen-bond donors (Lipinski definition) is 1. The van der Waals surface area contributed by atoms with Gasteiger partial charge in [-0.3, -0.25) is 9.78 Å². The molecule has 2 atom stereocenters. The predicted octanol–water partition coefficient (Wildman–Crippen LogP) is 4.69. The van der Waals surface area contributed by atoms with E-state index in [0.717, 1.165) is 11.1 Å². The summed E-state index contributed by atoms with van der Waals surface area (Å²) in [6, 6.07) is 2.10. The summed E-state index contributed by atoms with van der Waals surface area (Å²) in [5.41, 5.74) is 0.376. The number of carbonyl (C=O) groups excluding carboxylic acids is 1. The Labute approximate surface area is 197 Å². The van der Waals surface area contributed by atoms with Crippen molar-refractivity contribution >= 4 is 34.8 Å². The summed E-state index contributed by atoms with van der Waals surface area (Å²) in [5, 5.41) is 3.94. The molecule has 4 rings (SSSR count). The average molecular weight is 497 g/mol. The molecular formula is C21H20ClF3N6OS. The Morgan fingerprint density at radius 2 is 2.00 bits per heavy atom. The van der Waals surface area contributed by atoms with Crippen molar-refractivity contribution in [2.45, 2.75) is 32.2 Å². The maximum absolute atomic E-state index is 14.5. The van der Waals surface area contributed by atoms with Gasteiger partial charge < -0.3 is 10.2 Å². The third kappa shape index (κ3) is 5.25. The van der Waals surface area contributed by atoms with Crippen LogP contribution in [0.25, 0.3) is 10.6 Å². The number of pyridine rings is 1. The van der Waals surface area contributed by atoms with Crippen LogP contribution in [-0.2, 0) is 0 Å². The van der Waals surface area contributed by atoms with Gasteiger partial charge in [0.25, 0.3) is 11.8 Å². The molecule has 3 aromatic rings. The van der Waals surface area contributed by atoms with E-state index in [0.29, 0.717) is 20.6 Å². The first kappa shape index (κ1) is 23.4. The summed E-state index contributed by atoms with van der Waals surface area (Å²) in [6.45, 7) is 2.81. The molecule has 4 heterocycles.